The number of nitrogens with zero attached hydrogens (tertiary/aromatic N) is 2. The van der Waals surface area contributed by atoms with Gasteiger partial charge in [-0.1, -0.05) is 44.2 Å². The average Bonchev–Trinajstić information content (AvgIpc) is 2.66. The van der Waals surface area contributed by atoms with Crippen molar-refractivity contribution in [1.82, 2.24) is 9.13 Å². The highest BCUT2D eigenvalue weighted by atomic mass is 16.2. The Morgan fingerprint density at radius 1 is 1.00 bits per heavy atom. The molecule has 3 aromatic rings. The van der Waals surface area contributed by atoms with Gasteiger partial charge in [-0.3, -0.25) is 18.7 Å². The van der Waals surface area contributed by atoms with Crippen LogP contribution in [0.4, 0.5) is 5.69 Å². The van der Waals surface area contributed by atoms with Gasteiger partial charge in [0.25, 0.3) is 5.56 Å². The Morgan fingerprint density at radius 3 is 2.37 bits per heavy atom. The molecule has 0 atom stereocenters. The Balaban J connectivity index is 2.01. The molecule has 1 N–H and O–H groups in total. The van der Waals surface area contributed by atoms with E-state index < -0.39 is 5.69 Å². The molecule has 0 saturated carbocycles. The van der Waals surface area contributed by atoms with E-state index in [0.29, 0.717) is 10.9 Å². The summed E-state index contributed by atoms with van der Waals surface area (Å²) in [6, 6.07) is 14.5. The van der Waals surface area contributed by atoms with Crippen LogP contribution in [0.25, 0.3) is 10.9 Å². The Hall–Kier alpha value is -3.15. The normalized spacial score (nSPS) is 11.1. The number of hydrogen-bond acceptors (Lipinski definition) is 3. The summed E-state index contributed by atoms with van der Waals surface area (Å²) in [6.45, 7) is 5.94. The summed E-state index contributed by atoms with van der Waals surface area (Å²) in [6.07, 6.45) is 0. The van der Waals surface area contributed by atoms with E-state index in [0.717, 1.165) is 15.8 Å². The Labute approximate surface area is 157 Å². The molecule has 0 aliphatic heterocycles. The smallest absolute Gasteiger partial charge is 0.324 e. The summed E-state index contributed by atoms with van der Waals surface area (Å²) >= 11 is 0. The highest BCUT2D eigenvalue weighted by Gasteiger charge is 2.15. The molecule has 0 spiro atoms. The van der Waals surface area contributed by atoms with Gasteiger partial charge < -0.3 is 5.32 Å². The molecule has 0 unspecified atom stereocenters. The van der Waals surface area contributed by atoms with Crippen LogP contribution >= 0.6 is 0 Å². The fourth-order valence-electron chi connectivity index (χ4n) is 3.25. The van der Waals surface area contributed by atoms with Crippen LogP contribution in [0.1, 0.15) is 32.3 Å². The van der Waals surface area contributed by atoms with Crippen LogP contribution in [0.3, 0.4) is 0 Å². The van der Waals surface area contributed by atoms with Crippen LogP contribution in [0.5, 0.6) is 0 Å². The molecule has 0 saturated heterocycles. The van der Waals surface area contributed by atoms with Gasteiger partial charge in [-0.2, -0.15) is 0 Å². The largest absolute Gasteiger partial charge is 0.331 e. The maximum absolute atomic E-state index is 12.7. The molecule has 0 radical (unpaired) electrons. The van der Waals surface area contributed by atoms with Crippen LogP contribution < -0.4 is 16.6 Å². The molecule has 1 amide bonds. The van der Waals surface area contributed by atoms with Gasteiger partial charge in [-0.05, 0) is 36.6 Å². The van der Waals surface area contributed by atoms with Gasteiger partial charge in [0.1, 0.15) is 6.54 Å². The van der Waals surface area contributed by atoms with Crippen molar-refractivity contribution in [3.05, 3.63) is 74.9 Å². The van der Waals surface area contributed by atoms with E-state index in [4.69, 9.17) is 0 Å². The minimum atomic E-state index is -0.478. The summed E-state index contributed by atoms with van der Waals surface area (Å²) in [7, 11) is 0. The predicted molar refractivity (Wildman–Crippen MR) is 107 cm³/mol. The number of benzene rings is 2. The van der Waals surface area contributed by atoms with Crippen molar-refractivity contribution >= 4 is 22.5 Å². The van der Waals surface area contributed by atoms with Crippen molar-refractivity contribution in [2.24, 2.45) is 0 Å². The Bertz CT molecular complexity index is 1110. The number of hydrogen-bond donors (Lipinski definition) is 1. The number of nitrogens with one attached hydrogen (secondary N) is 1. The standard InChI is InChI=1S/C21H23N3O3/c1-4-23-20(26)16-10-6-8-12-18(16)24(21(23)27)13-19(25)22-17-11-7-5-9-15(17)14(2)3/h5-12,14H,4,13H2,1-3H3,(H,22,25). The summed E-state index contributed by atoms with van der Waals surface area (Å²) in [5, 5.41) is 3.32. The minimum absolute atomic E-state index is 0.161. The number of carbonyl (C=O) groups is 1. The monoisotopic (exact) mass is 365 g/mol. The van der Waals surface area contributed by atoms with Crippen LogP contribution in [-0.4, -0.2) is 15.0 Å². The molecular weight excluding hydrogens is 342 g/mol. The first-order chi connectivity index (χ1) is 12.9. The molecule has 0 bridgehead atoms. The first-order valence-corrected chi connectivity index (χ1v) is 9.05. The third-order valence-electron chi connectivity index (χ3n) is 4.61. The number of amides is 1. The van der Waals surface area contributed by atoms with E-state index >= 15 is 0 Å². The van der Waals surface area contributed by atoms with Gasteiger partial charge in [-0.25, -0.2) is 4.79 Å². The lowest BCUT2D eigenvalue weighted by Gasteiger charge is -2.16. The summed E-state index contributed by atoms with van der Waals surface area (Å²) < 4.78 is 2.51. The van der Waals surface area contributed by atoms with Gasteiger partial charge >= 0.3 is 5.69 Å². The number of para-hydroxylation sites is 2. The molecule has 6 heteroatoms. The zero-order chi connectivity index (χ0) is 19.6. The van der Waals surface area contributed by atoms with Crippen LogP contribution in [0, 0.1) is 0 Å². The number of rotatable bonds is 5. The molecule has 27 heavy (non-hydrogen) atoms. The molecule has 0 aliphatic carbocycles. The molecule has 6 nitrogen and oxygen atoms in total. The second-order valence-electron chi connectivity index (χ2n) is 6.73. The van der Waals surface area contributed by atoms with Crippen molar-refractivity contribution in [1.29, 1.82) is 0 Å². The van der Waals surface area contributed by atoms with E-state index in [1.807, 2.05) is 24.3 Å². The zero-order valence-electron chi connectivity index (χ0n) is 15.7. The molecule has 2 aromatic carbocycles. The number of fused-ring (bicyclic) bond motifs is 1. The summed E-state index contributed by atoms with van der Waals surface area (Å²) in [4.78, 5) is 37.9. The lowest BCUT2D eigenvalue weighted by Crippen LogP contribution is -2.41. The lowest BCUT2D eigenvalue weighted by atomic mass is 10.0. The fourth-order valence-corrected chi connectivity index (χ4v) is 3.25. The van der Waals surface area contributed by atoms with Gasteiger partial charge in [0, 0.05) is 12.2 Å². The molecule has 140 valence electrons. The summed E-state index contributed by atoms with van der Waals surface area (Å²) in [5.41, 5.74) is 1.41. The van der Waals surface area contributed by atoms with E-state index in [1.165, 1.54) is 4.57 Å². The number of carbonyl (C=O) groups excluding carboxylic acids is 1. The lowest BCUT2D eigenvalue weighted by molar-refractivity contribution is -0.116. The predicted octanol–water partition coefficient (Wildman–Crippen LogP) is 2.95. The maximum Gasteiger partial charge on any atom is 0.331 e. The zero-order valence-corrected chi connectivity index (χ0v) is 15.7. The first-order valence-electron chi connectivity index (χ1n) is 9.05. The molecule has 1 aromatic heterocycles. The molecule has 1 heterocycles. The van der Waals surface area contributed by atoms with Crippen LogP contribution in [-0.2, 0) is 17.9 Å². The highest BCUT2D eigenvalue weighted by Crippen LogP contribution is 2.23. The van der Waals surface area contributed by atoms with Gasteiger partial charge in [0.15, 0.2) is 0 Å². The van der Waals surface area contributed by atoms with Crippen LogP contribution in [0.15, 0.2) is 58.1 Å². The molecule has 0 fully saturated rings. The second kappa shape index (κ2) is 7.61. The van der Waals surface area contributed by atoms with E-state index in [1.54, 1.807) is 31.2 Å². The van der Waals surface area contributed by atoms with Crippen molar-refractivity contribution < 1.29 is 4.79 Å². The van der Waals surface area contributed by atoms with Crippen LogP contribution in [0.2, 0.25) is 0 Å². The number of anilines is 1. The topological polar surface area (TPSA) is 73.1 Å². The van der Waals surface area contributed by atoms with Crippen molar-refractivity contribution in [2.45, 2.75) is 39.8 Å². The van der Waals surface area contributed by atoms with Gasteiger partial charge in [0.05, 0.1) is 10.9 Å². The van der Waals surface area contributed by atoms with E-state index in [2.05, 4.69) is 19.2 Å². The third-order valence-corrected chi connectivity index (χ3v) is 4.61. The molecule has 0 aliphatic rings. The Kier molecular flexibility index (Phi) is 5.26. The quantitative estimate of drug-likeness (QED) is 0.755. The Morgan fingerprint density at radius 2 is 1.67 bits per heavy atom. The minimum Gasteiger partial charge on any atom is -0.324 e. The first kappa shape index (κ1) is 18.6. The summed E-state index contributed by atoms with van der Waals surface area (Å²) in [5.74, 6) is -0.0521. The molecule has 3 rings (SSSR count). The number of aromatic nitrogens is 2. The maximum atomic E-state index is 12.7. The van der Waals surface area contributed by atoms with E-state index in [9.17, 15) is 14.4 Å². The second-order valence-corrected chi connectivity index (χ2v) is 6.73. The average molecular weight is 365 g/mol. The van der Waals surface area contributed by atoms with Crippen molar-refractivity contribution in [3.8, 4) is 0 Å². The SMILES string of the molecule is CCn1c(=O)c2ccccc2n(CC(=O)Nc2ccccc2C(C)C)c1=O. The van der Waals surface area contributed by atoms with E-state index in [-0.39, 0.29) is 30.5 Å². The third kappa shape index (κ3) is 3.56. The van der Waals surface area contributed by atoms with Crippen molar-refractivity contribution in [3.63, 3.8) is 0 Å². The highest BCUT2D eigenvalue weighted by molar-refractivity contribution is 5.92. The van der Waals surface area contributed by atoms with Gasteiger partial charge in [0.2, 0.25) is 5.91 Å². The van der Waals surface area contributed by atoms with Gasteiger partial charge in [-0.15, -0.1) is 0 Å². The molecular formula is C21H23N3O3. The fraction of sp³-hybridized carbons (Fsp3) is 0.286. The van der Waals surface area contributed by atoms with Crippen molar-refractivity contribution in [2.75, 3.05) is 5.32 Å².